The lowest BCUT2D eigenvalue weighted by Crippen LogP contribution is -2.21. The highest BCUT2D eigenvalue weighted by atomic mass is 16.4. The largest absolute Gasteiger partial charge is 0.481 e. The van der Waals surface area contributed by atoms with Crippen LogP contribution in [0.3, 0.4) is 0 Å². The molecule has 1 aliphatic heterocycles. The third-order valence-electron chi connectivity index (χ3n) is 1.63. The average Bonchev–Trinajstić information content (AvgIpc) is 2.59. The maximum atomic E-state index is 9.37. The number of aliphatic carboxylic acids is 1. The molecule has 1 heterocycles. The van der Waals surface area contributed by atoms with Crippen molar-refractivity contribution in [3.63, 3.8) is 0 Å². The zero-order valence-electron chi connectivity index (χ0n) is 8.12. The molecule has 0 aromatic rings. The normalized spacial score (nSPS) is 16.1. The first-order valence-electron chi connectivity index (χ1n) is 4.46. The molecule has 0 saturated carbocycles. The molecule has 0 spiro atoms. The van der Waals surface area contributed by atoms with Gasteiger partial charge in [0.2, 0.25) is 0 Å². The van der Waals surface area contributed by atoms with Crippen LogP contribution < -0.4 is 5.32 Å². The molecule has 4 nitrogen and oxygen atoms in total. The monoisotopic (exact) mass is 186 g/mol. The van der Waals surface area contributed by atoms with E-state index in [9.17, 15) is 4.79 Å². The first kappa shape index (κ1) is 12.1. The van der Waals surface area contributed by atoms with E-state index in [4.69, 9.17) is 5.11 Å². The Balaban J connectivity index is 0.000000252. The van der Waals surface area contributed by atoms with Crippen molar-refractivity contribution in [1.82, 2.24) is 10.2 Å². The summed E-state index contributed by atoms with van der Waals surface area (Å²) in [6.07, 6.45) is 2.16. The van der Waals surface area contributed by atoms with Gasteiger partial charge in [0.1, 0.15) is 0 Å². The highest BCUT2D eigenvalue weighted by Crippen LogP contribution is 1.89. The molecular weight excluding hydrogens is 168 g/mol. The second-order valence-corrected chi connectivity index (χ2v) is 2.77. The van der Waals surface area contributed by atoms with E-state index in [1.54, 1.807) is 6.92 Å². The summed E-state index contributed by atoms with van der Waals surface area (Å²) in [6, 6.07) is 0. The number of carbonyl (C=O) groups is 1. The van der Waals surface area contributed by atoms with Crippen LogP contribution in [-0.4, -0.2) is 42.3 Å². The molecule has 1 saturated heterocycles. The summed E-state index contributed by atoms with van der Waals surface area (Å²) >= 11 is 0. The minimum atomic E-state index is -0.745. The van der Waals surface area contributed by atoms with Crippen molar-refractivity contribution in [1.29, 1.82) is 0 Å². The van der Waals surface area contributed by atoms with Crippen molar-refractivity contribution in [2.45, 2.75) is 13.3 Å². The fourth-order valence-electron chi connectivity index (χ4n) is 0.892. The first-order chi connectivity index (χ1) is 6.20. The van der Waals surface area contributed by atoms with Gasteiger partial charge >= 0.3 is 5.97 Å². The average molecular weight is 186 g/mol. The highest BCUT2D eigenvalue weighted by molar-refractivity contribution is 5.66. The molecule has 76 valence electrons. The lowest BCUT2D eigenvalue weighted by atomic mass is 10.5. The van der Waals surface area contributed by atoms with Crippen molar-refractivity contribution in [3.8, 4) is 0 Å². The van der Waals surface area contributed by atoms with Gasteiger partial charge in [0.05, 0.1) is 0 Å². The van der Waals surface area contributed by atoms with Crippen LogP contribution in [0.2, 0.25) is 0 Å². The van der Waals surface area contributed by atoms with Gasteiger partial charge in [-0.3, -0.25) is 9.69 Å². The predicted molar refractivity (Wildman–Crippen MR) is 52.6 cm³/mol. The van der Waals surface area contributed by atoms with E-state index < -0.39 is 5.97 Å². The molecule has 0 amide bonds. The van der Waals surface area contributed by atoms with Gasteiger partial charge in [-0.1, -0.05) is 13.0 Å². The predicted octanol–water partition coefficient (Wildman–Crippen LogP) is 0.516. The molecule has 0 aromatic carbocycles. The topological polar surface area (TPSA) is 52.6 Å². The summed E-state index contributed by atoms with van der Waals surface area (Å²) in [5.74, 6) is -0.745. The summed E-state index contributed by atoms with van der Waals surface area (Å²) in [5, 5.41) is 11.0. The number of nitrogens with zero attached hydrogens (tertiary/aromatic N) is 1. The van der Waals surface area contributed by atoms with E-state index >= 15 is 0 Å². The second kappa shape index (κ2) is 7.76. The zero-order chi connectivity index (χ0) is 10.1. The lowest BCUT2D eigenvalue weighted by Gasteiger charge is -2.08. The summed E-state index contributed by atoms with van der Waals surface area (Å²) in [6.45, 7) is 9.61. The zero-order valence-corrected chi connectivity index (χ0v) is 8.12. The summed E-state index contributed by atoms with van der Waals surface area (Å²) in [5.41, 5.74) is 0. The van der Waals surface area contributed by atoms with Gasteiger partial charge in [-0.2, -0.15) is 0 Å². The van der Waals surface area contributed by atoms with E-state index in [0.29, 0.717) is 0 Å². The Morgan fingerprint density at radius 3 is 2.69 bits per heavy atom. The number of hydrogen-bond acceptors (Lipinski definition) is 3. The van der Waals surface area contributed by atoms with Crippen molar-refractivity contribution < 1.29 is 9.90 Å². The van der Waals surface area contributed by atoms with E-state index in [-0.39, 0.29) is 6.42 Å². The Hall–Kier alpha value is -0.870. The summed E-state index contributed by atoms with van der Waals surface area (Å²) in [7, 11) is 0. The molecule has 0 unspecified atom stereocenters. The SMILES string of the molecule is C=CCN1CCNC1.CCC(=O)O. The molecule has 1 fully saturated rings. The molecule has 0 aromatic heterocycles. The third-order valence-corrected chi connectivity index (χ3v) is 1.63. The molecule has 2 N–H and O–H groups in total. The van der Waals surface area contributed by atoms with Gasteiger partial charge < -0.3 is 10.4 Å². The highest BCUT2D eigenvalue weighted by Gasteiger charge is 2.06. The number of rotatable bonds is 3. The number of carboxylic acid groups (broad SMARTS) is 1. The van der Waals surface area contributed by atoms with Crippen LogP contribution in [0.5, 0.6) is 0 Å². The molecule has 13 heavy (non-hydrogen) atoms. The maximum absolute atomic E-state index is 9.37. The third kappa shape index (κ3) is 7.49. The van der Waals surface area contributed by atoms with Crippen LogP contribution in [-0.2, 0) is 4.79 Å². The van der Waals surface area contributed by atoms with Crippen LogP contribution in [0, 0.1) is 0 Å². The molecule has 1 aliphatic rings. The molecule has 0 atom stereocenters. The minimum Gasteiger partial charge on any atom is -0.481 e. The van der Waals surface area contributed by atoms with E-state index in [2.05, 4.69) is 16.8 Å². The maximum Gasteiger partial charge on any atom is 0.303 e. The van der Waals surface area contributed by atoms with Crippen molar-refractivity contribution >= 4 is 5.97 Å². The van der Waals surface area contributed by atoms with Gasteiger partial charge in [0.15, 0.2) is 0 Å². The molecule has 0 bridgehead atoms. The molecule has 0 radical (unpaired) electrons. The Bertz CT molecular complexity index is 154. The second-order valence-electron chi connectivity index (χ2n) is 2.77. The Labute approximate surface area is 79.2 Å². The van der Waals surface area contributed by atoms with Crippen molar-refractivity contribution in [3.05, 3.63) is 12.7 Å². The van der Waals surface area contributed by atoms with Crippen LogP contribution >= 0.6 is 0 Å². The summed E-state index contributed by atoms with van der Waals surface area (Å²) < 4.78 is 0. The molecule has 4 heteroatoms. The number of carboxylic acids is 1. The van der Waals surface area contributed by atoms with Gasteiger partial charge in [-0.25, -0.2) is 0 Å². The Morgan fingerprint density at radius 1 is 1.77 bits per heavy atom. The standard InChI is InChI=1S/C6H12N2.C3H6O2/c1-2-4-8-5-3-7-6-8;1-2-3(4)5/h2,7H,1,3-6H2;2H2,1H3,(H,4,5). The fourth-order valence-corrected chi connectivity index (χ4v) is 0.892. The molecule has 1 rings (SSSR count). The van der Waals surface area contributed by atoms with Crippen molar-refractivity contribution in [2.75, 3.05) is 26.3 Å². The lowest BCUT2D eigenvalue weighted by molar-refractivity contribution is -0.136. The van der Waals surface area contributed by atoms with Crippen LogP contribution in [0.15, 0.2) is 12.7 Å². The van der Waals surface area contributed by atoms with Gasteiger partial charge in [-0.05, 0) is 0 Å². The number of nitrogens with one attached hydrogen (secondary N) is 1. The van der Waals surface area contributed by atoms with Crippen LogP contribution in [0.1, 0.15) is 13.3 Å². The van der Waals surface area contributed by atoms with Gasteiger partial charge in [0, 0.05) is 32.7 Å². The quantitative estimate of drug-likeness (QED) is 0.631. The number of hydrogen-bond donors (Lipinski definition) is 2. The van der Waals surface area contributed by atoms with E-state index in [0.717, 1.165) is 19.8 Å². The Morgan fingerprint density at radius 2 is 2.38 bits per heavy atom. The minimum absolute atomic E-state index is 0.222. The van der Waals surface area contributed by atoms with E-state index in [1.165, 1.54) is 6.54 Å². The van der Waals surface area contributed by atoms with Gasteiger partial charge in [-0.15, -0.1) is 6.58 Å². The van der Waals surface area contributed by atoms with Crippen molar-refractivity contribution in [2.24, 2.45) is 0 Å². The van der Waals surface area contributed by atoms with E-state index in [1.807, 2.05) is 6.08 Å². The first-order valence-corrected chi connectivity index (χ1v) is 4.46. The smallest absolute Gasteiger partial charge is 0.303 e. The summed E-state index contributed by atoms with van der Waals surface area (Å²) in [4.78, 5) is 11.7. The van der Waals surface area contributed by atoms with Crippen LogP contribution in [0.25, 0.3) is 0 Å². The fraction of sp³-hybridized carbons (Fsp3) is 0.667. The van der Waals surface area contributed by atoms with Crippen LogP contribution in [0.4, 0.5) is 0 Å². The molecular formula is C9H18N2O2. The Kier molecular flexibility index (Phi) is 7.24. The molecule has 0 aliphatic carbocycles. The van der Waals surface area contributed by atoms with Gasteiger partial charge in [0.25, 0.3) is 0 Å².